The molecule has 0 saturated heterocycles. The number of alkyl halides is 3. The summed E-state index contributed by atoms with van der Waals surface area (Å²) in [6.07, 6.45) is -4.67. The minimum absolute atomic E-state index is 0.0774. The van der Waals surface area contributed by atoms with Gasteiger partial charge in [-0.15, -0.1) is 0 Å². The van der Waals surface area contributed by atoms with E-state index in [-0.39, 0.29) is 12.1 Å². The molecule has 10 heteroatoms. The highest BCUT2D eigenvalue weighted by Crippen LogP contribution is 2.34. The first kappa shape index (κ1) is 21.8. The summed E-state index contributed by atoms with van der Waals surface area (Å²) in [6, 6.07) is 9.41. The number of nitrogens with zero attached hydrogens (tertiary/aromatic N) is 1. The first-order chi connectivity index (χ1) is 13.0. The van der Waals surface area contributed by atoms with Crippen LogP contribution in [0.1, 0.15) is 18.1 Å². The largest absolute Gasteiger partial charge is 0.418 e. The number of rotatable bonds is 7. The maximum Gasteiger partial charge on any atom is 0.418 e. The van der Waals surface area contributed by atoms with E-state index >= 15 is 0 Å². The predicted octanol–water partition coefficient (Wildman–Crippen LogP) is 3.63. The Bertz CT molecular complexity index is 946. The lowest BCUT2D eigenvalue weighted by Crippen LogP contribution is -2.38. The van der Waals surface area contributed by atoms with Gasteiger partial charge in [-0.05, 0) is 29.8 Å². The van der Waals surface area contributed by atoms with E-state index in [4.69, 9.17) is 0 Å². The summed E-state index contributed by atoms with van der Waals surface area (Å²) in [4.78, 5) is 12.2. The second-order valence-electron chi connectivity index (χ2n) is 5.90. The lowest BCUT2D eigenvalue weighted by molar-refractivity contribution is -0.137. The van der Waals surface area contributed by atoms with Gasteiger partial charge in [0, 0.05) is 6.54 Å². The van der Waals surface area contributed by atoms with Crippen molar-refractivity contribution in [2.45, 2.75) is 18.9 Å². The van der Waals surface area contributed by atoms with Gasteiger partial charge < -0.3 is 5.32 Å². The van der Waals surface area contributed by atoms with E-state index in [1.165, 1.54) is 37.3 Å². The Morgan fingerprint density at radius 1 is 1.11 bits per heavy atom. The van der Waals surface area contributed by atoms with E-state index < -0.39 is 51.5 Å². The molecule has 0 atom stereocenters. The number of amides is 1. The number of carbonyl (C=O) groups excluding carboxylic acids is 1. The highest BCUT2D eigenvalue weighted by atomic mass is 32.2. The van der Waals surface area contributed by atoms with Crippen LogP contribution in [-0.2, 0) is 26.7 Å². The number of carbonyl (C=O) groups is 1. The van der Waals surface area contributed by atoms with Crippen LogP contribution in [0.4, 0.5) is 23.2 Å². The van der Waals surface area contributed by atoms with Crippen LogP contribution in [-0.4, -0.2) is 31.7 Å². The molecule has 0 saturated carbocycles. The molecule has 5 nitrogen and oxygen atoms in total. The summed E-state index contributed by atoms with van der Waals surface area (Å²) >= 11 is 0. The van der Waals surface area contributed by atoms with Crippen molar-refractivity contribution >= 4 is 21.6 Å². The van der Waals surface area contributed by atoms with Crippen LogP contribution in [0.5, 0.6) is 0 Å². The van der Waals surface area contributed by atoms with Crippen LogP contribution in [0.3, 0.4) is 0 Å². The molecule has 0 bridgehead atoms. The number of halogens is 4. The molecule has 1 N–H and O–H groups in total. The van der Waals surface area contributed by atoms with E-state index in [9.17, 15) is 30.8 Å². The third kappa shape index (κ3) is 5.77. The second kappa shape index (κ2) is 8.70. The Labute approximate surface area is 160 Å². The summed E-state index contributed by atoms with van der Waals surface area (Å²) in [6.45, 7) is 0.742. The molecule has 0 fully saturated rings. The number of likely N-dealkylation sites (N-methyl/N-ethyl adjacent to an activating group) is 1. The van der Waals surface area contributed by atoms with E-state index in [0.29, 0.717) is 0 Å². The fourth-order valence-electron chi connectivity index (χ4n) is 2.52. The maximum atomic E-state index is 13.2. The molecular weight excluding hydrogens is 400 g/mol. The molecule has 2 rings (SSSR count). The van der Waals surface area contributed by atoms with Crippen molar-refractivity contribution in [3.8, 4) is 0 Å². The van der Waals surface area contributed by atoms with E-state index in [1.807, 2.05) is 0 Å². The number of sulfonamides is 1. The first-order valence-electron chi connectivity index (χ1n) is 8.21. The summed E-state index contributed by atoms with van der Waals surface area (Å²) in [5, 5.41) is 2.10. The molecule has 152 valence electrons. The molecule has 0 aliphatic rings. The van der Waals surface area contributed by atoms with Crippen LogP contribution < -0.4 is 5.32 Å². The highest BCUT2D eigenvalue weighted by molar-refractivity contribution is 7.88. The second-order valence-corrected chi connectivity index (χ2v) is 7.87. The molecule has 2 aromatic rings. The number of para-hydroxylation sites is 1. The Kier molecular flexibility index (Phi) is 6.78. The summed E-state index contributed by atoms with van der Waals surface area (Å²) in [5.74, 6) is -2.05. The Morgan fingerprint density at radius 2 is 1.79 bits per heavy atom. The number of hydrogen-bond donors (Lipinski definition) is 1. The van der Waals surface area contributed by atoms with Gasteiger partial charge in [0.1, 0.15) is 5.82 Å². The van der Waals surface area contributed by atoms with Crippen molar-refractivity contribution in [3.63, 3.8) is 0 Å². The molecule has 2 aromatic carbocycles. The van der Waals surface area contributed by atoms with Crippen molar-refractivity contribution in [2.75, 3.05) is 18.4 Å². The van der Waals surface area contributed by atoms with Gasteiger partial charge >= 0.3 is 6.18 Å². The summed E-state index contributed by atoms with van der Waals surface area (Å²) < 4.78 is 78.1. The SMILES string of the molecule is CCN(CC(=O)Nc1ccccc1C(F)(F)F)S(=O)(=O)Cc1cccc(F)c1. The molecule has 0 aliphatic carbocycles. The van der Waals surface area contributed by atoms with Crippen LogP contribution in [0.25, 0.3) is 0 Å². The highest BCUT2D eigenvalue weighted by Gasteiger charge is 2.34. The van der Waals surface area contributed by atoms with E-state index in [2.05, 4.69) is 5.32 Å². The van der Waals surface area contributed by atoms with Gasteiger partial charge in [-0.1, -0.05) is 31.2 Å². The minimum Gasteiger partial charge on any atom is -0.324 e. The van der Waals surface area contributed by atoms with Crippen molar-refractivity contribution in [1.29, 1.82) is 0 Å². The minimum atomic E-state index is -4.67. The van der Waals surface area contributed by atoms with Crippen molar-refractivity contribution < 1.29 is 30.8 Å². The van der Waals surface area contributed by atoms with Gasteiger partial charge in [0.15, 0.2) is 0 Å². The molecule has 0 aliphatic heterocycles. The molecule has 0 aromatic heterocycles. The first-order valence-corrected chi connectivity index (χ1v) is 9.82. The summed E-state index contributed by atoms with van der Waals surface area (Å²) in [5.41, 5.74) is -1.30. The number of benzene rings is 2. The zero-order valence-corrected chi connectivity index (χ0v) is 15.6. The van der Waals surface area contributed by atoms with Crippen molar-refractivity contribution in [2.24, 2.45) is 0 Å². The molecule has 28 heavy (non-hydrogen) atoms. The van der Waals surface area contributed by atoms with E-state index in [0.717, 1.165) is 22.5 Å². The van der Waals surface area contributed by atoms with Crippen LogP contribution >= 0.6 is 0 Å². The van der Waals surface area contributed by atoms with Gasteiger partial charge in [-0.3, -0.25) is 4.79 Å². The van der Waals surface area contributed by atoms with Crippen LogP contribution in [0, 0.1) is 5.82 Å². The average Bonchev–Trinajstić information content (AvgIpc) is 2.58. The zero-order chi connectivity index (χ0) is 20.9. The summed E-state index contributed by atoms with van der Waals surface area (Å²) in [7, 11) is -3.98. The molecule has 0 radical (unpaired) electrons. The Morgan fingerprint density at radius 3 is 2.39 bits per heavy atom. The Hall–Kier alpha value is -2.46. The smallest absolute Gasteiger partial charge is 0.324 e. The van der Waals surface area contributed by atoms with Gasteiger partial charge in [0.05, 0.1) is 23.5 Å². The molecule has 1 amide bonds. The molecular formula is C18H18F4N2O3S. The van der Waals surface area contributed by atoms with Gasteiger partial charge in [-0.25, -0.2) is 12.8 Å². The quantitative estimate of drug-likeness (QED) is 0.699. The average molecular weight is 418 g/mol. The number of hydrogen-bond acceptors (Lipinski definition) is 3. The maximum absolute atomic E-state index is 13.2. The van der Waals surface area contributed by atoms with Crippen LogP contribution in [0.2, 0.25) is 0 Å². The third-order valence-electron chi connectivity index (χ3n) is 3.81. The normalized spacial score (nSPS) is 12.2. The molecule has 0 spiro atoms. The number of anilines is 1. The fourth-order valence-corrected chi connectivity index (χ4v) is 4.02. The Balaban J connectivity index is 2.13. The van der Waals surface area contributed by atoms with Crippen molar-refractivity contribution in [1.82, 2.24) is 4.31 Å². The monoisotopic (exact) mass is 418 g/mol. The molecule has 0 unspecified atom stereocenters. The van der Waals surface area contributed by atoms with E-state index in [1.54, 1.807) is 0 Å². The van der Waals surface area contributed by atoms with Gasteiger partial charge in [-0.2, -0.15) is 17.5 Å². The van der Waals surface area contributed by atoms with Crippen molar-refractivity contribution in [3.05, 3.63) is 65.5 Å². The fraction of sp³-hybridized carbons (Fsp3) is 0.278. The molecule has 0 heterocycles. The van der Waals surface area contributed by atoms with Crippen LogP contribution in [0.15, 0.2) is 48.5 Å². The number of nitrogens with one attached hydrogen (secondary N) is 1. The lowest BCUT2D eigenvalue weighted by atomic mass is 10.1. The van der Waals surface area contributed by atoms with Gasteiger partial charge in [0.25, 0.3) is 0 Å². The third-order valence-corrected chi connectivity index (χ3v) is 5.68. The van der Waals surface area contributed by atoms with Gasteiger partial charge in [0.2, 0.25) is 15.9 Å². The topological polar surface area (TPSA) is 66.5 Å². The zero-order valence-electron chi connectivity index (χ0n) is 14.8. The standard InChI is InChI=1S/C18H18F4N2O3S/c1-2-24(28(26,27)12-13-6-5-7-14(19)10-13)11-17(25)23-16-9-4-3-8-15(16)18(20,21)22/h3-10H,2,11-12H2,1H3,(H,23,25). The lowest BCUT2D eigenvalue weighted by Gasteiger charge is -2.21. The predicted molar refractivity (Wildman–Crippen MR) is 96.3 cm³/mol.